The van der Waals surface area contributed by atoms with Crippen LogP contribution in [0.25, 0.3) is 0 Å². The van der Waals surface area contributed by atoms with E-state index in [9.17, 15) is 52.5 Å². The second-order valence-electron chi connectivity index (χ2n) is 4.35. The van der Waals surface area contributed by atoms with Crippen LogP contribution < -0.4 is 0 Å². The summed E-state index contributed by atoms with van der Waals surface area (Å²) >= 11 is 0. The molecule has 1 heterocycles. The zero-order valence-electron chi connectivity index (χ0n) is 13.1. The van der Waals surface area contributed by atoms with E-state index in [1.54, 1.807) is 0 Å². The van der Waals surface area contributed by atoms with Crippen molar-refractivity contribution < 1.29 is 61.5 Å². The standard InChI is InChI=1S/C3H3F6O2P.C3H7F5N3OP3/c1-11-12(10,2(4,5)6)3(7,8)9;1-3(2)12-15(8)9-13(6)10(4)14(7)11(15)5/h1H3;3H,1-2H3. The van der Waals surface area contributed by atoms with Crippen molar-refractivity contribution >= 4 is 32.2 Å². The molecular weight excluding hydrogens is 495 g/mol. The Morgan fingerprint density at radius 3 is 1.74 bits per heavy atom. The number of rotatable bonds is 3. The van der Waals surface area contributed by atoms with Gasteiger partial charge in [0.1, 0.15) is 0 Å². The molecule has 1 aliphatic heterocycles. The maximum Gasteiger partial charge on any atom is 0.475 e. The molecule has 0 amide bonds. The molecule has 164 valence electrons. The first-order valence-corrected chi connectivity index (χ1v) is 11.4. The van der Waals surface area contributed by atoms with Crippen molar-refractivity contribution in [3.8, 4) is 0 Å². The average molecular weight is 505 g/mol. The van der Waals surface area contributed by atoms with E-state index in [-0.39, 0.29) is 7.11 Å². The number of nitrogens with zero attached hydrogens (tertiary/aromatic N) is 3. The van der Waals surface area contributed by atoms with Gasteiger partial charge >= 0.3 is 44.0 Å². The van der Waals surface area contributed by atoms with Gasteiger partial charge in [-0.3, -0.25) is 4.57 Å². The first-order chi connectivity index (χ1) is 11.8. The van der Waals surface area contributed by atoms with E-state index in [0.29, 0.717) is 0 Å². The Kier molecular flexibility index (Phi) is 9.60. The van der Waals surface area contributed by atoms with Crippen LogP contribution in [0.4, 0.5) is 47.9 Å². The molecule has 0 spiro atoms. The predicted octanol–water partition coefficient (Wildman–Crippen LogP) is 8.06. The van der Waals surface area contributed by atoms with Gasteiger partial charge in [0, 0.05) is 11.8 Å². The summed E-state index contributed by atoms with van der Waals surface area (Å²) < 4.78 is 151. The molecule has 21 heteroatoms. The zero-order valence-corrected chi connectivity index (χ0v) is 16.7. The summed E-state index contributed by atoms with van der Waals surface area (Å²) in [5.41, 5.74) is 0. The highest BCUT2D eigenvalue weighted by Gasteiger charge is 2.69. The third-order valence-corrected chi connectivity index (χ3v) is 9.29. The Balaban J connectivity index is 0.000000516. The fourth-order valence-corrected chi connectivity index (χ4v) is 6.51. The third-order valence-electron chi connectivity index (χ3n) is 2.07. The monoisotopic (exact) mass is 505 g/mol. The summed E-state index contributed by atoms with van der Waals surface area (Å²) in [5.74, 6) is -11.8. The molecule has 0 bridgehead atoms. The molecule has 0 N–H and O–H groups in total. The number of halogens is 11. The van der Waals surface area contributed by atoms with Gasteiger partial charge < -0.3 is 9.05 Å². The van der Waals surface area contributed by atoms with Gasteiger partial charge in [0.2, 0.25) is 0 Å². The van der Waals surface area contributed by atoms with Crippen molar-refractivity contribution in [3.05, 3.63) is 0 Å². The molecule has 0 saturated heterocycles. The summed E-state index contributed by atoms with van der Waals surface area (Å²) in [6.45, 7) is 2.68. The first kappa shape index (κ1) is 27.4. The van der Waals surface area contributed by atoms with Gasteiger partial charge in [-0.1, -0.05) is 0 Å². The molecule has 0 aromatic heterocycles. The summed E-state index contributed by atoms with van der Waals surface area (Å²) in [6.07, 6.45) is -0.816. The molecule has 1 aliphatic rings. The lowest BCUT2D eigenvalue weighted by Crippen LogP contribution is -2.23. The molecule has 0 radical (unpaired) electrons. The highest BCUT2D eigenvalue weighted by atomic mass is 31.3. The topological polar surface area (TPSA) is 54.4 Å². The number of alkyl halides is 6. The van der Waals surface area contributed by atoms with Crippen LogP contribution in [-0.4, -0.2) is 34.4 Å². The van der Waals surface area contributed by atoms with Crippen LogP contribution in [0.3, 0.4) is 0 Å². The second kappa shape index (κ2) is 9.47. The SMILES string of the molecule is CC(C)OP1(F)=NP(F)N(F)P(F)N1F.COP(=O)(C(F)(F)F)C(F)(F)F. The third kappa shape index (κ3) is 6.44. The Hall–Kier alpha value is 0.390. The summed E-state index contributed by atoms with van der Waals surface area (Å²) in [4.78, 5) is 0. The average Bonchev–Trinajstić information content (AvgIpc) is 2.47. The maximum absolute atomic E-state index is 13.5. The minimum Gasteiger partial charge on any atom is -0.319 e. The quantitative estimate of drug-likeness (QED) is 0.221. The lowest BCUT2D eigenvalue weighted by atomic mass is 10.5. The first-order valence-electron chi connectivity index (χ1n) is 5.97. The Labute approximate surface area is 147 Å². The molecule has 3 unspecified atom stereocenters. The van der Waals surface area contributed by atoms with Crippen molar-refractivity contribution in [1.29, 1.82) is 0 Å². The van der Waals surface area contributed by atoms with E-state index >= 15 is 0 Å². The van der Waals surface area contributed by atoms with Gasteiger partial charge in [-0.25, -0.2) is 0 Å². The van der Waals surface area contributed by atoms with E-state index in [0.717, 1.165) is 0 Å². The van der Waals surface area contributed by atoms with E-state index in [2.05, 4.69) is 13.6 Å². The fourth-order valence-electron chi connectivity index (χ4n) is 1.05. The molecule has 0 aliphatic carbocycles. The van der Waals surface area contributed by atoms with E-state index in [1.807, 2.05) is 0 Å². The molecule has 0 aromatic carbocycles. The van der Waals surface area contributed by atoms with E-state index < -0.39 is 59.4 Å². The number of hydrogen-bond donors (Lipinski definition) is 0. The predicted molar refractivity (Wildman–Crippen MR) is 75.4 cm³/mol. The molecule has 3 atom stereocenters. The lowest BCUT2D eigenvalue weighted by Gasteiger charge is -2.30. The minimum atomic E-state index is -6.57. The smallest absolute Gasteiger partial charge is 0.319 e. The van der Waals surface area contributed by atoms with Crippen LogP contribution >= 0.6 is 32.2 Å². The molecule has 1 rings (SSSR count). The van der Waals surface area contributed by atoms with Gasteiger partial charge in [-0.15, -0.1) is 8.96 Å². The van der Waals surface area contributed by atoms with Crippen molar-refractivity contribution in [2.24, 2.45) is 4.52 Å². The Morgan fingerprint density at radius 2 is 1.48 bits per heavy atom. The fraction of sp³-hybridized carbons (Fsp3) is 1.00. The summed E-state index contributed by atoms with van der Waals surface area (Å²) in [6, 6.07) is 0. The van der Waals surface area contributed by atoms with Gasteiger partial charge in [0.05, 0.1) is 6.10 Å². The Morgan fingerprint density at radius 1 is 1.07 bits per heavy atom. The highest BCUT2D eigenvalue weighted by Crippen LogP contribution is 2.80. The molecule has 0 fully saturated rings. The van der Waals surface area contributed by atoms with Crippen molar-refractivity contribution in [2.75, 3.05) is 7.11 Å². The zero-order chi connectivity index (χ0) is 22.0. The Bertz CT molecular complexity index is 583. The lowest BCUT2D eigenvalue weighted by molar-refractivity contribution is -0.110. The minimum absolute atomic E-state index is 0.0990. The van der Waals surface area contributed by atoms with Gasteiger partial charge in [0.15, 0.2) is 0 Å². The summed E-state index contributed by atoms with van der Waals surface area (Å²) in [5, 5.41) is 0. The molecule has 6 nitrogen and oxygen atoms in total. The van der Waals surface area contributed by atoms with Crippen molar-refractivity contribution in [1.82, 2.24) is 9.33 Å². The van der Waals surface area contributed by atoms with Crippen molar-refractivity contribution in [2.45, 2.75) is 31.8 Å². The molecule has 27 heavy (non-hydrogen) atoms. The normalized spacial score (nSPS) is 28.6. The van der Waals surface area contributed by atoms with Crippen LogP contribution in [0.5, 0.6) is 0 Å². The van der Waals surface area contributed by atoms with Crippen LogP contribution in [0.2, 0.25) is 0 Å². The molecular formula is C6H10F11N3O3P4. The second-order valence-corrected chi connectivity index (χ2v) is 11.7. The van der Waals surface area contributed by atoms with Gasteiger partial charge in [-0.2, -0.15) is 43.4 Å². The summed E-state index contributed by atoms with van der Waals surface area (Å²) in [7, 11) is -18.7. The van der Waals surface area contributed by atoms with Gasteiger partial charge in [0.25, 0.3) is 0 Å². The largest absolute Gasteiger partial charge is 0.475 e. The molecule has 0 aromatic rings. The van der Waals surface area contributed by atoms with Crippen LogP contribution in [0, 0.1) is 0 Å². The van der Waals surface area contributed by atoms with Crippen LogP contribution in [-0.2, 0) is 13.6 Å². The van der Waals surface area contributed by atoms with Gasteiger partial charge in [-0.05, 0) is 18.5 Å². The highest BCUT2D eigenvalue weighted by molar-refractivity contribution is 7.77. The number of hydrogen-bond acceptors (Lipinski definition) is 6. The molecule has 0 saturated carbocycles. The van der Waals surface area contributed by atoms with Crippen molar-refractivity contribution in [3.63, 3.8) is 0 Å². The van der Waals surface area contributed by atoms with E-state index in [1.165, 1.54) is 13.8 Å². The maximum atomic E-state index is 13.5. The van der Waals surface area contributed by atoms with Crippen LogP contribution in [0.1, 0.15) is 13.8 Å². The van der Waals surface area contributed by atoms with Crippen LogP contribution in [0.15, 0.2) is 4.52 Å². The van der Waals surface area contributed by atoms with E-state index in [4.69, 9.17) is 0 Å².